The van der Waals surface area contributed by atoms with E-state index in [9.17, 15) is 8.42 Å². The summed E-state index contributed by atoms with van der Waals surface area (Å²) in [5.41, 5.74) is 7.06. The van der Waals surface area contributed by atoms with Crippen molar-refractivity contribution in [3.63, 3.8) is 0 Å². The van der Waals surface area contributed by atoms with Crippen LogP contribution >= 0.6 is 0 Å². The van der Waals surface area contributed by atoms with Gasteiger partial charge in [-0.2, -0.15) is 0 Å². The molecule has 1 fully saturated rings. The van der Waals surface area contributed by atoms with Gasteiger partial charge >= 0.3 is 0 Å². The van der Waals surface area contributed by atoms with E-state index < -0.39 is 9.84 Å². The molecule has 2 rings (SSSR count). The number of sulfone groups is 1. The summed E-state index contributed by atoms with van der Waals surface area (Å²) in [6.07, 6.45) is 7.56. The first-order valence-corrected chi connectivity index (χ1v) is 9.14. The van der Waals surface area contributed by atoms with Gasteiger partial charge in [0.2, 0.25) is 0 Å². The molecule has 1 aromatic carbocycles. The molecule has 1 aliphatic rings. The molecular weight excluding hydrogens is 272 g/mol. The average molecular weight is 296 g/mol. The zero-order valence-corrected chi connectivity index (χ0v) is 13.0. The number of nitrogen functional groups attached to an aromatic ring is 1. The van der Waals surface area contributed by atoms with Gasteiger partial charge in [-0.25, -0.2) is 8.42 Å². The summed E-state index contributed by atoms with van der Waals surface area (Å²) in [5.74, 6) is 0.644. The van der Waals surface area contributed by atoms with Crippen LogP contribution in [-0.2, 0) is 9.84 Å². The van der Waals surface area contributed by atoms with Crippen molar-refractivity contribution in [1.29, 1.82) is 0 Å². The molecular formula is C15H24N2O2S. The number of anilines is 2. The van der Waals surface area contributed by atoms with Crippen LogP contribution in [0.15, 0.2) is 23.1 Å². The van der Waals surface area contributed by atoms with E-state index in [-0.39, 0.29) is 4.90 Å². The third kappa shape index (κ3) is 3.45. The maximum Gasteiger partial charge on any atom is 0.177 e. The number of benzene rings is 1. The summed E-state index contributed by atoms with van der Waals surface area (Å²) in [7, 11) is -3.28. The summed E-state index contributed by atoms with van der Waals surface area (Å²) in [6.45, 7) is 2.16. The molecule has 0 saturated heterocycles. The smallest absolute Gasteiger partial charge is 0.177 e. The molecule has 20 heavy (non-hydrogen) atoms. The maximum atomic E-state index is 11.7. The SMILES string of the molecule is CC(Nc1cccc(S(C)(=O)=O)c1N)C1CCCCC1. The van der Waals surface area contributed by atoms with E-state index in [0.29, 0.717) is 17.6 Å². The Labute approximate surface area is 121 Å². The quantitative estimate of drug-likeness (QED) is 0.838. The molecule has 1 aromatic rings. The number of hydrogen-bond acceptors (Lipinski definition) is 4. The van der Waals surface area contributed by atoms with E-state index in [2.05, 4.69) is 12.2 Å². The normalized spacial score (nSPS) is 18.7. The van der Waals surface area contributed by atoms with E-state index in [1.807, 2.05) is 6.07 Å². The number of nitrogens with one attached hydrogen (secondary N) is 1. The molecule has 0 aromatic heterocycles. The van der Waals surface area contributed by atoms with Crippen LogP contribution in [0.3, 0.4) is 0 Å². The molecule has 0 bridgehead atoms. The van der Waals surface area contributed by atoms with Gasteiger partial charge in [0, 0.05) is 12.3 Å². The summed E-state index contributed by atoms with van der Waals surface area (Å²) in [6, 6.07) is 5.46. The third-order valence-electron chi connectivity index (χ3n) is 4.21. The van der Waals surface area contributed by atoms with Crippen LogP contribution in [0.2, 0.25) is 0 Å². The summed E-state index contributed by atoms with van der Waals surface area (Å²) in [5, 5.41) is 3.40. The third-order valence-corrected chi connectivity index (χ3v) is 5.36. The van der Waals surface area contributed by atoms with Crippen molar-refractivity contribution in [2.45, 2.75) is 50.0 Å². The van der Waals surface area contributed by atoms with Gasteiger partial charge in [-0.3, -0.25) is 0 Å². The second-order valence-electron chi connectivity index (χ2n) is 5.82. The molecule has 0 amide bonds. The van der Waals surface area contributed by atoms with Crippen molar-refractivity contribution < 1.29 is 8.42 Å². The van der Waals surface area contributed by atoms with Crippen LogP contribution in [0.1, 0.15) is 39.0 Å². The predicted molar refractivity (Wildman–Crippen MR) is 83.6 cm³/mol. The minimum absolute atomic E-state index is 0.207. The van der Waals surface area contributed by atoms with Gasteiger partial charge in [-0.1, -0.05) is 25.3 Å². The Morgan fingerprint density at radius 3 is 2.50 bits per heavy atom. The molecule has 0 spiro atoms. The zero-order valence-electron chi connectivity index (χ0n) is 12.2. The molecule has 0 heterocycles. The molecule has 1 unspecified atom stereocenters. The Morgan fingerprint density at radius 1 is 1.25 bits per heavy atom. The van der Waals surface area contributed by atoms with E-state index >= 15 is 0 Å². The molecule has 5 heteroatoms. The Hall–Kier alpha value is -1.23. The summed E-state index contributed by atoms with van der Waals surface area (Å²) < 4.78 is 23.4. The molecule has 3 N–H and O–H groups in total. The second kappa shape index (κ2) is 6.04. The number of para-hydroxylation sites is 1. The highest BCUT2D eigenvalue weighted by atomic mass is 32.2. The first kappa shape index (κ1) is 15.2. The van der Waals surface area contributed by atoms with Gasteiger partial charge in [0.1, 0.15) is 0 Å². The fourth-order valence-corrected chi connectivity index (χ4v) is 3.83. The van der Waals surface area contributed by atoms with Gasteiger partial charge in [-0.05, 0) is 37.8 Å². The van der Waals surface area contributed by atoms with Crippen molar-refractivity contribution in [2.75, 3.05) is 17.3 Å². The largest absolute Gasteiger partial charge is 0.396 e. The van der Waals surface area contributed by atoms with E-state index in [1.54, 1.807) is 12.1 Å². The van der Waals surface area contributed by atoms with Crippen molar-refractivity contribution >= 4 is 21.2 Å². The number of rotatable bonds is 4. The lowest BCUT2D eigenvalue weighted by atomic mass is 9.84. The fourth-order valence-electron chi connectivity index (χ4n) is 2.99. The molecule has 1 saturated carbocycles. The predicted octanol–water partition coefficient (Wildman–Crippen LogP) is 3.05. The minimum atomic E-state index is -3.28. The fraction of sp³-hybridized carbons (Fsp3) is 0.600. The zero-order chi connectivity index (χ0) is 14.8. The molecule has 112 valence electrons. The van der Waals surface area contributed by atoms with Crippen LogP contribution in [0, 0.1) is 5.92 Å². The van der Waals surface area contributed by atoms with E-state index in [4.69, 9.17) is 5.73 Å². The van der Waals surface area contributed by atoms with Crippen LogP contribution in [-0.4, -0.2) is 20.7 Å². The topological polar surface area (TPSA) is 72.2 Å². The van der Waals surface area contributed by atoms with Gasteiger partial charge in [-0.15, -0.1) is 0 Å². The number of nitrogens with two attached hydrogens (primary N) is 1. The lowest BCUT2D eigenvalue weighted by Crippen LogP contribution is -2.28. The van der Waals surface area contributed by atoms with Gasteiger partial charge in [0.05, 0.1) is 16.3 Å². The molecule has 0 radical (unpaired) electrons. The molecule has 1 aliphatic carbocycles. The van der Waals surface area contributed by atoms with Crippen LogP contribution in [0.5, 0.6) is 0 Å². The highest BCUT2D eigenvalue weighted by Gasteiger charge is 2.21. The van der Waals surface area contributed by atoms with Crippen molar-refractivity contribution in [3.05, 3.63) is 18.2 Å². The van der Waals surface area contributed by atoms with Gasteiger partial charge in [0.25, 0.3) is 0 Å². The van der Waals surface area contributed by atoms with E-state index in [1.165, 1.54) is 38.4 Å². The number of hydrogen-bond donors (Lipinski definition) is 2. The Morgan fingerprint density at radius 2 is 1.90 bits per heavy atom. The first-order chi connectivity index (χ1) is 9.39. The molecule has 0 aliphatic heterocycles. The van der Waals surface area contributed by atoms with Crippen molar-refractivity contribution in [1.82, 2.24) is 0 Å². The standard InChI is InChI=1S/C15H24N2O2S/c1-11(12-7-4-3-5-8-12)17-13-9-6-10-14(15(13)16)20(2,18)19/h6,9-12,17H,3-5,7-8,16H2,1-2H3. The molecule has 1 atom stereocenters. The Balaban J connectivity index is 2.17. The second-order valence-corrected chi connectivity index (χ2v) is 7.80. The lowest BCUT2D eigenvalue weighted by Gasteiger charge is -2.29. The van der Waals surface area contributed by atoms with Crippen molar-refractivity contribution in [3.8, 4) is 0 Å². The lowest BCUT2D eigenvalue weighted by molar-refractivity contribution is 0.328. The monoisotopic (exact) mass is 296 g/mol. The highest BCUT2D eigenvalue weighted by Crippen LogP contribution is 2.31. The van der Waals surface area contributed by atoms with Crippen LogP contribution < -0.4 is 11.1 Å². The highest BCUT2D eigenvalue weighted by molar-refractivity contribution is 7.90. The van der Waals surface area contributed by atoms with E-state index in [0.717, 1.165) is 5.69 Å². The van der Waals surface area contributed by atoms with Crippen LogP contribution in [0.4, 0.5) is 11.4 Å². The average Bonchev–Trinajstić information content (AvgIpc) is 2.40. The summed E-state index contributed by atoms with van der Waals surface area (Å²) >= 11 is 0. The maximum absolute atomic E-state index is 11.7. The van der Waals surface area contributed by atoms with Gasteiger partial charge < -0.3 is 11.1 Å². The Kier molecular flexibility index (Phi) is 4.58. The minimum Gasteiger partial charge on any atom is -0.396 e. The van der Waals surface area contributed by atoms with Gasteiger partial charge in [0.15, 0.2) is 9.84 Å². The Bertz CT molecular complexity index is 563. The first-order valence-electron chi connectivity index (χ1n) is 7.24. The van der Waals surface area contributed by atoms with Crippen LogP contribution in [0.25, 0.3) is 0 Å². The summed E-state index contributed by atoms with van der Waals surface area (Å²) in [4.78, 5) is 0.207. The molecule has 4 nitrogen and oxygen atoms in total. The van der Waals surface area contributed by atoms with Crippen molar-refractivity contribution in [2.24, 2.45) is 5.92 Å².